The maximum Gasteiger partial charge on any atom is 0.0873 e. The zero-order valence-corrected chi connectivity index (χ0v) is 21.5. The fourth-order valence-corrected chi connectivity index (χ4v) is 3.28. The Kier molecular flexibility index (Phi) is 10.6. The minimum Gasteiger partial charge on any atom is -0.393 e. The summed E-state index contributed by atoms with van der Waals surface area (Å²) in [6, 6.07) is 29.7. The van der Waals surface area contributed by atoms with Crippen LogP contribution in [0.3, 0.4) is 0 Å². The van der Waals surface area contributed by atoms with Crippen molar-refractivity contribution in [1.29, 1.82) is 0 Å². The molecule has 0 aliphatic carbocycles. The minimum absolute atomic E-state index is 0. The zero-order chi connectivity index (χ0) is 22.9. The number of aliphatic hydroxyl groups is 2. The number of aliphatic hydroxyl groups excluding tert-OH is 2. The van der Waals surface area contributed by atoms with Gasteiger partial charge < -0.3 is 15.2 Å². The van der Waals surface area contributed by atoms with Crippen molar-refractivity contribution in [2.24, 2.45) is 0 Å². The van der Waals surface area contributed by atoms with Gasteiger partial charge in [-0.05, 0) is 32.8 Å². The van der Waals surface area contributed by atoms with Crippen LogP contribution in [0.2, 0.25) is 0 Å². The summed E-state index contributed by atoms with van der Waals surface area (Å²) in [5, 5.41) is 17.1. The molecule has 4 nitrogen and oxygen atoms in total. The molecule has 1 heterocycles. The Morgan fingerprint density at radius 1 is 0.788 bits per heavy atom. The van der Waals surface area contributed by atoms with E-state index in [0.717, 1.165) is 33.8 Å². The predicted octanol–water partition coefficient (Wildman–Crippen LogP) is 5.72. The van der Waals surface area contributed by atoms with Gasteiger partial charge in [0.05, 0.1) is 23.6 Å². The first kappa shape index (κ1) is 26.6. The Labute approximate surface area is 209 Å². The quantitative estimate of drug-likeness (QED) is 0.281. The average molecular weight is 618 g/mol. The number of rotatable bonds is 5. The van der Waals surface area contributed by atoms with E-state index in [1.54, 1.807) is 13.8 Å². The van der Waals surface area contributed by atoms with E-state index < -0.39 is 0 Å². The van der Waals surface area contributed by atoms with Crippen molar-refractivity contribution >= 4 is 0 Å². The Balaban J connectivity index is 0.000000423. The molecule has 4 aromatic rings. The standard InChI is InChI=1S/C23H17N2.C5H12O2.Ir/c1-17-12-14-18(15-13-17)21-16-24-22(19-8-4-2-5-9-19)23(25-21)20-10-6-3-7-11-20;1-4(6)3-5(2)7;/h2-8,10-16H,1H3;4-7H,3H2,1-2H3;/q-1;;. The third kappa shape index (κ3) is 7.99. The van der Waals surface area contributed by atoms with Gasteiger partial charge in [-0.15, -0.1) is 35.9 Å². The van der Waals surface area contributed by atoms with Gasteiger partial charge in [0.2, 0.25) is 0 Å². The smallest absolute Gasteiger partial charge is 0.0873 e. The normalized spacial score (nSPS) is 12.0. The molecule has 0 spiro atoms. The molecule has 2 atom stereocenters. The van der Waals surface area contributed by atoms with Gasteiger partial charge in [-0.1, -0.05) is 60.2 Å². The molecule has 5 heteroatoms. The van der Waals surface area contributed by atoms with Gasteiger partial charge in [0.15, 0.2) is 0 Å². The summed E-state index contributed by atoms with van der Waals surface area (Å²) < 4.78 is 0. The summed E-state index contributed by atoms with van der Waals surface area (Å²) in [4.78, 5) is 9.67. The van der Waals surface area contributed by atoms with Gasteiger partial charge in [-0.3, -0.25) is 4.98 Å². The van der Waals surface area contributed by atoms with Crippen LogP contribution in [-0.2, 0) is 20.1 Å². The van der Waals surface area contributed by atoms with Crippen LogP contribution < -0.4 is 0 Å². The van der Waals surface area contributed by atoms with E-state index >= 15 is 0 Å². The first-order valence-corrected chi connectivity index (χ1v) is 10.8. The van der Waals surface area contributed by atoms with Crippen LogP contribution in [0.15, 0.2) is 85.1 Å². The number of hydrogen-bond donors (Lipinski definition) is 2. The van der Waals surface area contributed by atoms with E-state index in [1.807, 2.05) is 48.7 Å². The Morgan fingerprint density at radius 2 is 1.42 bits per heavy atom. The van der Waals surface area contributed by atoms with Crippen molar-refractivity contribution in [3.8, 4) is 33.8 Å². The van der Waals surface area contributed by atoms with E-state index in [1.165, 1.54) is 5.56 Å². The summed E-state index contributed by atoms with van der Waals surface area (Å²) >= 11 is 0. The second-order valence-corrected chi connectivity index (χ2v) is 7.89. The van der Waals surface area contributed by atoms with Gasteiger partial charge in [0, 0.05) is 37.6 Å². The first-order chi connectivity index (χ1) is 15.4. The van der Waals surface area contributed by atoms with E-state index in [-0.39, 0.29) is 32.3 Å². The average Bonchev–Trinajstić information content (AvgIpc) is 2.80. The Bertz CT molecular complexity index is 1090. The maximum atomic E-state index is 8.56. The van der Waals surface area contributed by atoms with Gasteiger partial charge in [0.25, 0.3) is 0 Å². The SMILES string of the molecule is CC(O)CC(C)O.Cc1ccc(-c2cnc(-c3[c-]cccc3)c(-c3ccccc3)n2)cc1.[Ir]. The molecule has 2 N–H and O–H groups in total. The molecule has 0 fully saturated rings. The second-order valence-electron chi connectivity index (χ2n) is 7.89. The summed E-state index contributed by atoms with van der Waals surface area (Å²) in [6.07, 6.45) is 1.56. The molecule has 4 rings (SSSR count). The molecule has 173 valence electrons. The van der Waals surface area contributed by atoms with Gasteiger partial charge in [-0.2, -0.15) is 0 Å². The molecule has 0 aliphatic heterocycles. The Morgan fingerprint density at radius 3 is 1.97 bits per heavy atom. The van der Waals surface area contributed by atoms with Crippen LogP contribution in [0.1, 0.15) is 25.8 Å². The molecule has 33 heavy (non-hydrogen) atoms. The van der Waals surface area contributed by atoms with Gasteiger partial charge in [0.1, 0.15) is 0 Å². The van der Waals surface area contributed by atoms with Crippen LogP contribution in [0.4, 0.5) is 0 Å². The molecule has 1 aromatic heterocycles. The van der Waals surface area contributed by atoms with Crippen LogP contribution in [0.5, 0.6) is 0 Å². The molecule has 0 aliphatic rings. The van der Waals surface area contributed by atoms with Crippen molar-refractivity contribution in [1.82, 2.24) is 9.97 Å². The molecule has 1 radical (unpaired) electrons. The van der Waals surface area contributed by atoms with Crippen LogP contribution in [-0.4, -0.2) is 32.4 Å². The van der Waals surface area contributed by atoms with Crippen LogP contribution >= 0.6 is 0 Å². The van der Waals surface area contributed by atoms with E-state index in [9.17, 15) is 0 Å². The van der Waals surface area contributed by atoms with Crippen LogP contribution in [0, 0.1) is 13.0 Å². The third-order valence-electron chi connectivity index (χ3n) is 4.81. The number of hydrogen-bond acceptors (Lipinski definition) is 4. The number of aromatic nitrogens is 2. The van der Waals surface area contributed by atoms with Gasteiger partial charge in [-0.25, -0.2) is 0 Å². The molecule has 0 saturated heterocycles. The number of aryl methyl sites for hydroxylation is 1. The van der Waals surface area contributed by atoms with Crippen LogP contribution in [0.25, 0.3) is 33.8 Å². The number of benzene rings is 3. The molecule has 3 aromatic carbocycles. The molecule has 0 amide bonds. The van der Waals surface area contributed by atoms with Gasteiger partial charge >= 0.3 is 0 Å². The first-order valence-electron chi connectivity index (χ1n) is 10.8. The van der Waals surface area contributed by atoms with Crippen molar-refractivity contribution in [2.45, 2.75) is 39.4 Å². The second kappa shape index (κ2) is 13.1. The molecule has 2 unspecified atom stereocenters. The molecule has 0 bridgehead atoms. The van der Waals surface area contributed by atoms with Crippen molar-refractivity contribution in [3.05, 3.63) is 96.7 Å². The predicted molar refractivity (Wildman–Crippen MR) is 130 cm³/mol. The number of nitrogens with zero attached hydrogens (tertiary/aromatic N) is 2. The zero-order valence-electron chi connectivity index (χ0n) is 19.1. The van der Waals surface area contributed by atoms with Crippen molar-refractivity contribution in [2.75, 3.05) is 0 Å². The van der Waals surface area contributed by atoms with E-state index in [0.29, 0.717) is 6.42 Å². The third-order valence-corrected chi connectivity index (χ3v) is 4.81. The molecular weight excluding hydrogens is 589 g/mol. The summed E-state index contributed by atoms with van der Waals surface area (Å²) in [5.74, 6) is 0. The fraction of sp³-hybridized carbons (Fsp3) is 0.214. The maximum absolute atomic E-state index is 8.56. The summed E-state index contributed by atoms with van der Waals surface area (Å²) in [5.41, 5.74) is 6.90. The molecular formula is C28H29IrN2O2-. The fourth-order valence-electron chi connectivity index (χ4n) is 3.28. The monoisotopic (exact) mass is 618 g/mol. The van der Waals surface area contributed by atoms with E-state index in [2.05, 4.69) is 49.4 Å². The molecule has 0 saturated carbocycles. The Hall–Kier alpha value is -2.69. The summed E-state index contributed by atoms with van der Waals surface area (Å²) in [7, 11) is 0. The van der Waals surface area contributed by atoms with Crippen molar-refractivity contribution in [3.63, 3.8) is 0 Å². The van der Waals surface area contributed by atoms with E-state index in [4.69, 9.17) is 20.2 Å². The largest absolute Gasteiger partial charge is 0.393 e. The summed E-state index contributed by atoms with van der Waals surface area (Å²) in [6.45, 7) is 5.40. The topological polar surface area (TPSA) is 66.2 Å². The minimum atomic E-state index is -0.375. The van der Waals surface area contributed by atoms with Crippen molar-refractivity contribution < 1.29 is 30.3 Å².